The van der Waals surface area contributed by atoms with Crippen molar-refractivity contribution in [3.8, 4) is 5.75 Å². The van der Waals surface area contributed by atoms with E-state index in [1.54, 1.807) is 0 Å². The average Bonchev–Trinajstić information content (AvgIpc) is 3.21. The van der Waals surface area contributed by atoms with Crippen LogP contribution in [0.25, 0.3) is 0 Å². The van der Waals surface area contributed by atoms with Gasteiger partial charge in [0.05, 0.1) is 12.7 Å². The molecule has 19 heavy (non-hydrogen) atoms. The number of hydrogen-bond acceptors (Lipinski definition) is 3. The second-order valence-corrected chi connectivity index (χ2v) is 4.97. The van der Waals surface area contributed by atoms with E-state index in [0.717, 1.165) is 25.0 Å². The first-order chi connectivity index (χ1) is 9.28. The highest BCUT2D eigenvalue weighted by Crippen LogP contribution is 2.26. The fourth-order valence-corrected chi connectivity index (χ4v) is 1.94. The van der Waals surface area contributed by atoms with Gasteiger partial charge >= 0.3 is 5.97 Å². The number of unbranched alkanes of at least 4 members (excludes halogenated alkanes) is 1. The molecular formula is C16H22O3. The van der Waals surface area contributed by atoms with Crippen LogP contribution in [0.5, 0.6) is 5.75 Å². The van der Waals surface area contributed by atoms with Crippen molar-refractivity contribution >= 4 is 5.97 Å². The van der Waals surface area contributed by atoms with Crippen LogP contribution in [0.3, 0.4) is 0 Å². The Balaban J connectivity index is 1.63. The van der Waals surface area contributed by atoms with Crippen molar-refractivity contribution in [2.75, 3.05) is 6.61 Å². The van der Waals surface area contributed by atoms with Crippen molar-refractivity contribution in [2.24, 2.45) is 0 Å². The van der Waals surface area contributed by atoms with Crippen LogP contribution in [0, 0.1) is 0 Å². The molecule has 1 aromatic carbocycles. The third kappa shape index (κ3) is 5.33. The molecule has 2 rings (SSSR count). The average molecular weight is 262 g/mol. The van der Waals surface area contributed by atoms with E-state index in [9.17, 15) is 4.79 Å². The summed E-state index contributed by atoms with van der Waals surface area (Å²) in [6, 6.07) is 8.31. The molecule has 0 atom stereocenters. The predicted octanol–water partition coefficient (Wildman–Crippen LogP) is 3.50. The molecule has 1 aliphatic carbocycles. The first-order valence-corrected chi connectivity index (χ1v) is 7.19. The quantitative estimate of drug-likeness (QED) is 0.531. The third-order valence-electron chi connectivity index (χ3n) is 3.15. The van der Waals surface area contributed by atoms with Gasteiger partial charge in [0, 0.05) is 6.42 Å². The van der Waals surface area contributed by atoms with E-state index in [0.29, 0.717) is 19.1 Å². The fraction of sp³-hybridized carbons (Fsp3) is 0.562. The summed E-state index contributed by atoms with van der Waals surface area (Å²) < 4.78 is 10.6. The highest BCUT2D eigenvalue weighted by Gasteiger charge is 2.23. The first-order valence-electron chi connectivity index (χ1n) is 7.19. The summed E-state index contributed by atoms with van der Waals surface area (Å²) in [4.78, 5) is 11.2. The van der Waals surface area contributed by atoms with E-state index in [4.69, 9.17) is 9.47 Å². The minimum atomic E-state index is -0.0873. The minimum absolute atomic E-state index is 0.0873. The van der Waals surface area contributed by atoms with Crippen LogP contribution < -0.4 is 4.74 Å². The second kappa shape index (κ2) is 7.17. The zero-order valence-corrected chi connectivity index (χ0v) is 11.6. The van der Waals surface area contributed by atoms with E-state index in [1.165, 1.54) is 18.4 Å². The molecule has 0 amide bonds. The summed E-state index contributed by atoms with van der Waals surface area (Å²) in [6.45, 7) is 2.31. The highest BCUT2D eigenvalue weighted by atomic mass is 16.5. The summed E-state index contributed by atoms with van der Waals surface area (Å²) in [5, 5.41) is 0. The molecule has 3 nitrogen and oxygen atoms in total. The van der Waals surface area contributed by atoms with Crippen LogP contribution in [0.15, 0.2) is 24.3 Å². The second-order valence-electron chi connectivity index (χ2n) is 4.97. The number of rotatable bonds is 8. The first kappa shape index (κ1) is 13.9. The van der Waals surface area contributed by atoms with Gasteiger partial charge in [-0.15, -0.1) is 0 Å². The molecule has 0 bridgehead atoms. The molecule has 0 spiro atoms. The molecule has 1 aromatic rings. The van der Waals surface area contributed by atoms with Gasteiger partial charge in [0.15, 0.2) is 0 Å². The summed E-state index contributed by atoms with van der Waals surface area (Å²) in [7, 11) is 0. The normalized spacial score (nSPS) is 14.2. The molecule has 0 unspecified atom stereocenters. The van der Waals surface area contributed by atoms with E-state index < -0.39 is 0 Å². The van der Waals surface area contributed by atoms with E-state index >= 15 is 0 Å². The molecule has 0 heterocycles. The van der Waals surface area contributed by atoms with Gasteiger partial charge in [0.1, 0.15) is 5.75 Å². The van der Waals surface area contributed by atoms with E-state index in [1.807, 2.05) is 19.1 Å². The van der Waals surface area contributed by atoms with Crippen LogP contribution >= 0.6 is 0 Å². The molecule has 1 fully saturated rings. The fourth-order valence-electron chi connectivity index (χ4n) is 1.94. The molecule has 0 N–H and O–H groups in total. The molecule has 104 valence electrons. The van der Waals surface area contributed by atoms with Gasteiger partial charge in [-0.3, -0.25) is 4.79 Å². The molecule has 0 aliphatic heterocycles. The zero-order valence-electron chi connectivity index (χ0n) is 11.6. The van der Waals surface area contributed by atoms with Gasteiger partial charge in [0.25, 0.3) is 0 Å². The van der Waals surface area contributed by atoms with Crippen molar-refractivity contribution in [1.82, 2.24) is 0 Å². The molecule has 0 radical (unpaired) electrons. The summed E-state index contributed by atoms with van der Waals surface area (Å²) >= 11 is 0. The van der Waals surface area contributed by atoms with Gasteiger partial charge in [-0.1, -0.05) is 12.1 Å². The lowest BCUT2D eigenvalue weighted by atomic mass is 10.1. The van der Waals surface area contributed by atoms with Gasteiger partial charge in [-0.05, 0) is 56.7 Å². The number of carbonyl (C=O) groups is 1. The van der Waals surface area contributed by atoms with Gasteiger partial charge in [0.2, 0.25) is 0 Å². The van der Waals surface area contributed by atoms with E-state index in [2.05, 4.69) is 12.1 Å². The molecule has 1 aliphatic rings. The van der Waals surface area contributed by atoms with Crippen LogP contribution in [0.4, 0.5) is 0 Å². The Morgan fingerprint density at radius 3 is 2.58 bits per heavy atom. The zero-order chi connectivity index (χ0) is 13.5. The van der Waals surface area contributed by atoms with Crippen molar-refractivity contribution in [3.63, 3.8) is 0 Å². The van der Waals surface area contributed by atoms with Crippen molar-refractivity contribution in [1.29, 1.82) is 0 Å². The molecule has 1 saturated carbocycles. The maximum absolute atomic E-state index is 11.2. The van der Waals surface area contributed by atoms with Crippen molar-refractivity contribution < 1.29 is 14.3 Å². The molecule has 3 heteroatoms. The lowest BCUT2D eigenvalue weighted by Gasteiger charge is -2.06. The highest BCUT2D eigenvalue weighted by molar-refractivity contribution is 5.69. The molecule has 0 aromatic heterocycles. The smallest absolute Gasteiger partial charge is 0.305 e. The predicted molar refractivity (Wildman–Crippen MR) is 74.3 cm³/mol. The summed E-state index contributed by atoms with van der Waals surface area (Å²) in [5.74, 6) is 0.883. The maximum atomic E-state index is 11.2. The molecular weight excluding hydrogens is 240 g/mol. The Morgan fingerprint density at radius 2 is 1.95 bits per heavy atom. The number of carbonyl (C=O) groups excluding carboxylic acids is 1. The van der Waals surface area contributed by atoms with Crippen LogP contribution in [0.2, 0.25) is 0 Å². The third-order valence-corrected chi connectivity index (χ3v) is 3.15. The number of hydrogen-bond donors (Lipinski definition) is 0. The number of esters is 1. The van der Waals surface area contributed by atoms with Crippen molar-refractivity contribution in [2.45, 2.75) is 51.6 Å². The Kier molecular flexibility index (Phi) is 5.25. The Bertz CT molecular complexity index is 393. The Labute approximate surface area is 114 Å². The number of aryl methyl sites for hydroxylation is 1. The minimum Gasteiger partial charge on any atom is -0.490 e. The van der Waals surface area contributed by atoms with Gasteiger partial charge in [-0.2, -0.15) is 0 Å². The lowest BCUT2D eigenvalue weighted by Crippen LogP contribution is -2.03. The topological polar surface area (TPSA) is 35.5 Å². The van der Waals surface area contributed by atoms with Gasteiger partial charge in [-0.25, -0.2) is 0 Å². The van der Waals surface area contributed by atoms with Crippen LogP contribution in [0.1, 0.15) is 44.6 Å². The summed E-state index contributed by atoms with van der Waals surface area (Å²) in [6.07, 6.45) is 6.27. The lowest BCUT2D eigenvalue weighted by molar-refractivity contribution is -0.143. The monoisotopic (exact) mass is 262 g/mol. The molecule has 0 saturated heterocycles. The van der Waals surface area contributed by atoms with E-state index in [-0.39, 0.29) is 5.97 Å². The van der Waals surface area contributed by atoms with Crippen molar-refractivity contribution in [3.05, 3.63) is 29.8 Å². The number of benzene rings is 1. The number of ether oxygens (including phenoxy) is 2. The van der Waals surface area contributed by atoms with Crippen LogP contribution in [-0.2, 0) is 16.0 Å². The van der Waals surface area contributed by atoms with Crippen LogP contribution in [-0.4, -0.2) is 18.7 Å². The maximum Gasteiger partial charge on any atom is 0.305 e. The SMILES string of the molecule is CCOC(=O)CCCCc1ccc(OC2CC2)cc1. The Morgan fingerprint density at radius 1 is 1.21 bits per heavy atom. The summed E-state index contributed by atoms with van der Waals surface area (Å²) in [5.41, 5.74) is 1.30. The standard InChI is InChI=1S/C16H22O3/c1-2-18-16(17)6-4-3-5-13-7-9-14(10-8-13)19-15-11-12-15/h7-10,15H,2-6,11-12H2,1H3. The Hall–Kier alpha value is -1.51. The largest absolute Gasteiger partial charge is 0.490 e. The van der Waals surface area contributed by atoms with Gasteiger partial charge < -0.3 is 9.47 Å².